The number of carboxylic acids is 1. The number of hydrogen-bond donors (Lipinski definition) is 1. The maximum atomic E-state index is 12.4. The van der Waals surface area contributed by atoms with Crippen LogP contribution < -0.4 is 9.47 Å². The van der Waals surface area contributed by atoms with Gasteiger partial charge in [0.05, 0.1) is 10.9 Å². The summed E-state index contributed by atoms with van der Waals surface area (Å²) in [6, 6.07) is 11.4. The monoisotopic (exact) mass is 459 g/mol. The van der Waals surface area contributed by atoms with E-state index in [1.54, 1.807) is 11.0 Å². The highest BCUT2D eigenvalue weighted by molar-refractivity contribution is 7.99. The fraction of sp³-hybridized carbons (Fsp3) is 0.304. The van der Waals surface area contributed by atoms with Crippen molar-refractivity contribution in [1.82, 2.24) is 4.90 Å². The molecule has 1 saturated heterocycles. The highest BCUT2D eigenvalue weighted by atomic mass is 35.5. The molecular weight excluding hydrogens is 438 g/mol. The topological polar surface area (TPSA) is 76.1 Å². The van der Waals surface area contributed by atoms with E-state index in [2.05, 4.69) is 0 Å². The smallest absolute Gasteiger partial charge is 0.308 e. The molecule has 2 aliphatic rings. The molecule has 4 rings (SSSR count). The van der Waals surface area contributed by atoms with Crippen LogP contribution in [0.4, 0.5) is 0 Å². The predicted molar refractivity (Wildman–Crippen MR) is 119 cm³/mol. The molecule has 1 amide bonds. The summed E-state index contributed by atoms with van der Waals surface area (Å²) in [5.74, 6) is -0.0444. The van der Waals surface area contributed by atoms with E-state index in [4.69, 9.17) is 21.1 Å². The van der Waals surface area contributed by atoms with E-state index in [0.717, 1.165) is 26.9 Å². The van der Waals surface area contributed by atoms with Crippen molar-refractivity contribution in [2.45, 2.75) is 22.6 Å². The Bertz CT molecular complexity index is 1030. The minimum absolute atomic E-state index is 0.184. The van der Waals surface area contributed by atoms with Crippen molar-refractivity contribution < 1.29 is 24.2 Å². The van der Waals surface area contributed by atoms with Crippen molar-refractivity contribution in [1.29, 1.82) is 0 Å². The number of hydrogen-bond acceptors (Lipinski definition) is 5. The van der Waals surface area contributed by atoms with Crippen molar-refractivity contribution in [2.75, 3.05) is 26.3 Å². The Kier molecular flexibility index (Phi) is 6.73. The molecule has 8 heteroatoms. The number of amides is 1. The lowest BCUT2D eigenvalue weighted by atomic mass is 9.98. The molecule has 31 heavy (non-hydrogen) atoms. The van der Waals surface area contributed by atoms with Crippen LogP contribution in [0.15, 0.2) is 52.3 Å². The van der Waals surface area contributed by atoms with Gasteiger partial charge in [0, 0.05) is 29.0 Å². The predicted octanol–water partition coefficient (Wildman–Crippen LogP) is 4.60. The number of carbonyl (C=O) groups is 2. The number of carboxylic acid groups (broad SMARTS) is 1. The molecule has 1 fully saturated rings. The van der Waals surface area contributed by atoms with E-state index < -0.39 is 11.9 Å². The molecule has 0 bridgehead atoms. The summed E-state index contributed by atoms with van der Waals surface area (Å²) in [7, 11) is 0. The van der Waals surface area contributed by atoms with Crippen molar-refractivity contribution in [3.05, 3.63) is 53.1 Å². The molecule has 0 radical (unpaired) electrons. The van der Waals surface area contributed by atoms with Crippen LogP contribution in [0.3, 0.4) is 0 Å². The normalized spacial score (nSPS) is 18.2. The summed E-state index contributed by atoms with van der Waals surface area (Å²) >= 11 is 7.99. The van der Waals surface area contributed by atoms with E-state index in [-0.39, 0.29) is 12.5 Å². The van der Waals surface area contributed by atoms with Crippen LogP contribution in [-0.4, -0.2) is 48.2 Å². The Morgan fingerprint density at radius 1 is 1.13 bits per heavy atom. The Hall–Kier alpha value is -2.64. The van der Waals surface area contributed by atoms with Gasteiger partial charge in [-0.1, -0.05) is 29.4 Å². The fourth-order valence-corrected chi connectivity index (χ4v) is 4.72. The van der Waals surface area contributed by atoms with E-state index in [1.807, 2.05) is 36.4 Å². The molecule has 0 aromatic heterocycles. The molecular formula is C23H22ClNO5S. The lowest BCUT2D eigenvalue weighted by Gasteiger charge is -2.29. The zero-order chi connectivity index (χ0) is 21.8. The van der Waals surface area contributed by atoms with Gasteiger partial charge in [-0.15, -0.1) is 0 Å². The molecule has 1 N–H and O–H groups in total. The summed E-state index contributed by atoms with van der Waals surface area (Å²) in [6.45, 7) is 1.93. The third-order valence-corrected chi connectivity index (χ3v) is 6.69. The average Bonchev–Trinajstić information content (AvgIpc) is 2.79. The first kappa shape index (κ1) is 21.6. The number of nitrogens with zero attached hydrogens (tertiary/aromatic N) is 1. The van der Waals surface area contributed by atoms with Gasteiger partial charge in [-0.3, -0.25) is 9.59 Å². The standard InChI is InChI=1S/C23H22ClNO5S/c24-18-12-15(4-8-22(26)25-9-1-2-16(14-25)23(27)28)3-7-21(18)31-17-5-6-19-20(13-17)30-11-10-29-19/h3-8,12-13,16H,1-2,9-11,14H2,(H,27,28)/b8-4+. The SMILES string of the molecule is O=C(O)C1CCCN(C(=O)/C=C/c2ccc(Sc3ccc4c(c3)OCCO4)c(Cl)c2)C1. The molecule has 2 aromatic carbocycles. The van der Waals surface area contributed by atoms with Crippen molar-refractivity contribution in [3.8, 4) is 11.5 Å². The van der Waals surface area contributed by atoms with Crippen molar-refractivity contribution in [2.24, 2.45) is 5.92 Å². The summed E-state index contributed by atoms with van der Waals surface area (Å²) in [4.78, 5) is 27.1. The van der Waals surface area contributed by atoms with Crippen molar-refractivity contribution >= 4 is 41.3 Å². The van der Waals surface area contributed by atoms with Gasteiger partial charge in [-0.25, -0.2) is 0 Å². The number of carbonyl (C=O) groups excluding carboxylic acids is 1. The molecule has 2 heterocycles. The van der Waals surface area contributed by atoms with Gasteiger partial charge in [-0.05, 0) is 54.8 Å². The van der Waals surface area contributed by atoms with Crippen LogP contribution in [0.2, 0.25) is 5.02 Å². The maximum Gasteiger partial charge on any atom is 0.308 e. The number of halogens is 1. The zero-order valence-electron chi connectivity index (χ0n) is 16.8. The highest BCUT2D eigenvalue weighted by Crippen LogP contribution is 2.39. The number of rotatable bonds is 5. The fourth-order valence-electron chi connectivity index (χ4n) is 3.57. The lowest BCUT2D eigenvalue weighted by Crippen LogP contribution is -2.41. The summed E-state index contributed by atoms with van der Waals surface area (Å²) in [6.07, 6.45) is 4.50. The van der Waals surface area contributed by atoms with Gasteiger partial charge in [-0.2, -0.15) is 0 Å². The summed E-state index contributed by atoms with van der Waals surface area (Å²) in [5.41, 5.74) is 0.802. The third kappa shape index (κ3) is 5.35. The van der Waals surface area contributed by atoms with Gasteiger partial charge >= 0.3 is 5.97 Å². The highest BCUT2D eigenvalue weighted by Gasteiger charge is 2.27. The van der Waals surface area contributed by atoms with Gasteiger partial charge in [0.25, 0.3) is 0 Å². The first-order valence-corrected chi connectivity index (χ1v) is 11.3. The Morgan fingerprint density at radius 3 is 2.71 bits per heavy atom. The van der Waals surface area contributed by atoms with Crippen LogP contribution in [0, 0.1) is 5.92 Å². The zero-order valence-corrected chi connectivity index (χ0v) is 18.3. The Labute approximate surface area is 189 Å². The van der Waals surface area contributed by atoms with E-state index in [0.29, 0.717) is 37.6 Å². The van der Waals surface area contributed by atoms with Crippen LogP contribution >= 0.6 is 23.4 Å². The van der Waals surface area contributed by atoms with Gasteiger partial charge in [0.15, 0.2) is 11.5 Å². The lowest BCUT2D eigenvalue weighted by molar-refractivity contribution is -0.144. The number of piperidine rings is 1. The Morgan fingerprint density at radius 2 is 1.94 bits per heavy atom. The average molecular weight is 460 g/mol. The number of benzene rings is 2. The number of ether oxygens (including phenoxy) is 2. The van der Waals surface area contributed by atoms with E-state index in [1.165, 1.54) is 17.8 Å². The van der Waals surface area contributed by atoms with Crippen LogP contribution in [0.1, 0.15) is 18.4 Å². The molecule has 0 saturated carbocycles. The molecule has 1 atom stereocenters. The molecule has 2 aliphatic heterocycles. The largest absolute Gasteiger partial charge is 0.486 e. The second-order valence-electron chi connectivity index (χ2n) is 7.39. The van der Waals surface area contributed by atoms with Gasteiger partial charge < -0.3 is 19.5 Å². The molecule has 2 aromatic rings. The minimum atomic E-state index is -0.848. The third-order valence-electron chi connectivity index (χ3n) is 5.20. The molecule has 0 spiro atoms. The van der Waals surface area contributed by atoms with Crippen LogP contribution in [0.25, 0.3) is 6.08 Å². The summed E-state index contributed by atoms with van der Waals surface area (Å²) in [5, 5.41) is 9.76. The van der Waals surface area contributed by atoms with Crippen LogP contribution in [0.5, 0.6) is 11.5 Å². The van der Waals surface area contributed by atoms with Crippen molar-refractivity contribution in [3.63, 3.8) is 0 Å². The number of likely N-dealkylation sites (tertiary alicyclic amines) is 1. The first-order valence-electron chi connectivity index (χ1n) is 10.1. The minimum Gasteiger partial charge on any atom is -0.486 e. The summed E-state index contributed by atoms with van der Waals surface area (Å²) < 4.78 is 11.2. The Balaban J connectivity index is 1.40. The second kappa shape index (κ2) is 9.66. The molecule has 6 nitrogen and oxygen atoms in total. The molecule has 162 valence electrons. The van der Waals surface area contributed by atoms with Gasteiger partial charge in [0.1, 0.15) is 13.2 Å². The van der Waals surface area contributed by atoms with Crippen LogP contribution in [-0.2, 0) is 9.59 Å². The quantitative estimate of drug-likeness (QED) is 0.658. The first-order chi connectivity index (χ1) is 15.0. The van der Waals surface area contributed by atoms with E-state index in [9.17, 15) is 14.7 Å². The number of fused-ring (bicyclic) bond motifs is 1. The van der Waals surface area contributed by atoms with Gasteiger partial charge in [0.2, 0.25) is 5.91 Å². The molecule has 1 unspecified atom stereocenters. The second-order valence-corrected chi connectivity index (χ2v) is 8.91. The maximum absolute atomic E-state index is 12.4. The molecule has 0 aliphatic carbocycles. The number of aliphatic carboxylic acids is 1. The van der Waals surface area contributed by atoms with E-state index >= 15 is 0 Å².